The van der Waals surface area contributed by atoms with Gasteiger partial charge in [0.2, 0.25) is 0 Å². The lowest BCUT2D eigenvalue weighted by molar-refractivity contribution is 0.102. The zero-order valence-corrected chi connectivity index (χ0v) is 13.2. The Kier molecular flexibility index (Phi) is 6.66. The molecule has 0 aromatic rings. The quantitative estimate of drug-likeness (QED) is 0.789. The minimum atomic E-state index is 0.897. The van der Waals surface area contributed by atoms with E-state index in [1.807, 2.05) is 0 Å². The Bertz CT molecular complexity index is 235. The second-order valence-electron chi connectivity index (χ2n) is 6.78. The molecule has 1 N–H and O–H groups in total. The van der Waals surface area contributed by atoms with Crippen LogP contribution in [0.3, 0.4) is 0 Å². The Balaban J connectivity index is 1.86. The molecule has 1 aliphatic heterocycles. The van der Waals surface area contributed by atoms with Gasteiger partial charge in [-0.15, -0.1) is 0 Å². The van der Waals surface area contributed by atoms with Gasteiger partial charge < -0.3 is 10.2 Å². The molecule has 1 saturated heterocycles. The molecule has 0 radical (unpaired) electrons. The molecule has 19 heavy (non-hydrogen) atoms. The maximum Gasteiger partial charge on any atom is 0.00980 e. The summed E-state index contributed by atoms with van der Waals surface area (Å²) in [7, 11) is 0. The van der Waals surface area contributed by atoms with Gasteiger partial charge in [-0.05, 0) is 63.6 Å². The van der Waals surface area contributed by atoms with E-state index >= 15 is 0 Å². The summed E-state index contributed by atoms with van der Waals surface area (Å²) < 4.78 is 0. The van der Waals surface area contributed by atoms with E-state index in [4.69, 9.17) is 0 Å². The maximum atomic E-state index is 3.50. The van der Waals surface area contributed by atoms with E-state index < -0.39 is 0 Å². The fourth-order valence-electron chi connectivity index (χ4n) is 4.07. The first-order valence-electron chi connectivity index (χ1n) is 8.78. The zero-order chi connectivity index (χ0) is 13.5. The summed E-state index contributed by atoms with van der Waals surface area (Å²) in [6, 6.07) is 0.897. The molecular weight excluding hydrogens is 232 g/mol. The maximum absolute atomic E-state index is 3.50. The van der Waals surface area contributed by atoms with Crippen molar-refractivity contribution in [1.29, 1.82) is 0 Å². The van der Waals surface area contributed by atoms with Crippen molar-refractivity contribution in [1.82, 2.24) is 10.2 Å². The van der Waals surface area contributed by atoms with Crippen LogP contribution < -0.4 is 5.32 Å². The molecular formula is C17H34N2. The average molecular weight is 266 g/mol. The highest BCUT2D eigenvalue weighted by atomic mass is 15.2. The first kappa shape index (κ1) is 15.3. The average Bonchev–Trinajstić information content (AvgIpc) is 2.48. The minimum absolute atomic E-state index is 0.897. The molecule has 0 bridgehead atoms. The van der Waals surface area contributed by atoms with Gasteiger partial charge in [-0.25, -0.2) is 0 Å². The summed E-state index contributed by atoms with van der Waals surface area (Å²) in [6.07, 6.45) is 11.4. The number of nitrogens with one attached hydrogen (secondary N) is 1. The number of nitrogens with zero attached hydrogens (tertiary/aromatic N) is 1. The second kappa shape index (κ2) is 8.26. The van der Waals surface area contributed by atoms with Crippen molar-refractivity contribution in [3.63, 3.8) is 0 Å². The number of hydrogen-bond donors (Lipinski definition) is 1. The first-order chi connectivity index (χ1) is 9.33. The molecule has 2 aliphatic rings. The fourth-order valence-corrected chi connectivity index (χ4v) is 4.07. The lowest BCUT2D eigenvalue weighted by Gasteiger charge is -2.39. The zero-order valence-electron chi connectivity index (χ0n) is 13.2. The van der Waals surface area contributed by atoms with Gasteiger partial charge >= 0.3 is 0 Å². The standard InChI is InChI=1S/C17H34N2/c1-3-12-19(14-16-8-10-18-11-9-16)17-7-5-6-15(4-2)13-17/h15-18H,3-14H2,1-2H3. The van der Waals surface area contributed by atoms with E-state index in [0.717, 1.165) is 17.9 Å². The van der Waals surface area contributed by atoms with Gasteiger partial charge in [-0.1, -0.05) is 33.1 Å². The highest BCUT2D eigenvalue weighted by molar-refractivity contribution is 4.82. The van der Waals surface area contributed by atoms with Crippen LogP contribution in [-0.4, -0.2) is 37.1 Å². The van der Waals surface area contributed by atoms with Crippen LogP contribution in [0.1, 0.15) is 65.2 Å². The van der Waals surface area contributed by atoms with Crippen LogP contribution in [0.15, 0.2) is 0 Å². The summed E-state index contributed by atoms with van der Waals surface area (Å²) in [4.78, 5) is 2.86. The van der Waals surface area contributed by atoms with Crippen molar-refractivity contribution < 1.29 is 0 Å². The summed E-state index contributed by atoms with van der Waals surface area (Å²) in [5.41, 5.74) is 0. The van der Waals surface area contributed by atoms with Gasteiger partial charge in [-0.2, -0.15) is 0 Å². The molecule has 0 amide bonds. The van der Waals surface area contributed by atoms with E-state index in [2.05, 4.69) is 24.1 Å². The van der Waals surface area contributed by atoms with Crippen molar-refractivity contribution >= 4 is 0 Å². The topological polar surface area (TPSA) is 15.3 Å². The van der Waals surface area contributed by atoms with Crippen molar-refractivity contribution in [2.75, 3.05) is 26.2 Å². The summed E-state index contributed by atoms with van der Waals surface area (Å²) in [5, 5.41) is 3.50. The van der Waals surface area contributed by atoms with E-state index in [-0.39, 0.29) is 0 Å². The van der Waals surface area contributed by atoms with Gasteiger partial charge in [0.15, 0.2) is 0 Å². The van der Waals surface area contributed by atoms with Gasteiger partial charge in [0.25, 0.3) is 0 Å². The molecule has 2 atom stereocenters. The molecule has 0 aromatic carbocycles. The van der Waals surface area contributed by atoms with Crippen LogP contribution in [-0.2, 0) is 0 Å². The van der Waals surface area contributed by atoms with Gasteiger partial charge in [0.05, 0.1) is 0 Å². The van der Waals surface area contributed by atoms with Crippen LogP contribution in [0.2, 0.25) is 0 Å². The first-order valence-corrected chi connectivity index (χ1v) is 8.78. The lowest BCUT2D eigenvalue weighted by Crippen LogP contribution is -2.44. The molecule has 1 saturated carbocycles. The van der Waals surface area contributed by atoms with E-state index in [9.17, 15) is 0 Å². The van der Waals surface area contributed by atoms with E-state index in [1.165, 1.54) is 77.5 Å². The van der Waals surface area contributed by atoms with Crippen LogP contribution in [0.4, 0.5) is 0 Å². The Morgan fingerprint density at radius 3 is 2.47 bits per heavy atom. The molecule has 2 nitrogen and oxygen atoms in total. The molecule has 2 rings (SSSR count). The highest BCUT2D eigenvalue weighted by Gasteiger charge is 2.27. The van der Waals surface area contributed by atoms with Gasteiger partial charge in [-0.3, -0.25) is 0 Å². The predicted octanol–water partition coefficient (Wildman–Crippen LogP) is 3.67. The third-order valence-electron chi connectivity index (χ3n) is 5.31. The third kappa shape index (κ3) is 4.75. The van der Waals surface area contributed by atoms with Crippen LogP contribution in [0, 0.1) is 11.8 Å². The molecule has 112 valence electrons. The van der Waals surface area contributed by atoms with Gasteiger partial charge in [0, 0.05) is 12.6 Å². The molecule has 2 unspecified atom stereocenters. The molecule has 0 spiro atoms. The predicted molar refractivity (Wildman–Crippen MR) is 83.5 cm³/mol. The number of rotatable bonds is 6. The third-order valence-corrected chi connectivity index (χ3v) is 5.31. The summed E-state index contributed by atoms with van der Waals surface area (Å²) in [5.74, 6) is 1.96. The van der Waals surface area contributed by atoms with Crippen LogP contribution in [0.25, 0.3) is 0 Å². The monoisotopic (exact) mass is 266 g/mol. The lowest BCUT2D eigenvalue weighted by atomic mass is 9.83. The highest BCUT2D eigenvalue weighted by Crippen LogP contribution is 2.30. The smallest absolute Gasteiger partial charge is 0.00980 e. The van der Waals surface area contributed by atoms with Crippen molar-refractivity contribution in [2.24, 2.45) is 11.8 Å². The number of hydrogen-bond acceptors (Lipinski definition) is 2. The summed E-state index contributed by atoms with van der Waals surface area (Å²) >= 11 is 0. The van der Waals surface area contributed by atoms with Crippen LogP contribution >= 0.6 is 0 Å². The van der Waals surface area contributed by atoms with Crippen molar-refractivity contribution in [3.05, 3.63) is 0 Å². The Morgan fingerprint density at radius 2 is 1.79 bits per heavy atom. The van der Waals surface area contributed by atoms with Crippen molar-refractivity contribution in [3.8, 4) is 0 Å². The normalized spacial score (nSPS) is 29.8. The van der Waals surface area contributed by atoms with Crippen molar-refractivity contribution in [2.45, 2.75) is 71.3 Å². The molecule has 2 heteroatoms. The molecule has 2 fully saturated rings. The fraction of sp³-hybridized carbons (Fsp3) is 1.00. The van der Waals surface area contributed by atoms with E-state index in [0.29, 0.717) is 0 Å². The second-order valence-corrected chi connectivity index (χ2v) is 6.78. The SMILES string of the molecule is CCCN(CC1CCNCC1)C1CCCC(CC)C1. The van der Waals surface area contributed by atoms with Gasteiger partial charge in [0.1, 0.15) is 0 Å². The minimum Gasteiger partial charge on any atom is -0.317 e. The van der Waals surface area contributed by atoms with Crippen LogP contribution in [0.5, 0.6) is 0 Å². The largest absolute Gasteiger partial charge is 0.317 e. The molecule has 1 aliphatic carbocycles. The number of piperidine rings is 1. The summed E-state index contributed by atoms with van der Waals surface area (Å²) in [6.45, 7) is 9.90. The Morgan fingerprint density at radius 1 is 1.00 bits per heavy atom. The molecule has 0 aromatic heterocycles. The van der Waals surface area contributed by atoms with E-state index in [1.54, 1.807) is 0 Å². The Labute approximate surface area is 120 Å². The Hall–Kier alpha value is -0.0800. The molecule has 1 heterocycles.